The second-order valence-electron chi connectivity index (χ2n) is 4.45. The molecule has 0 radical (unpaired) electrons. The second-order valence-corrected chi connectivity index (χ2v) is 4.45. The molecular weight excluding hydrogens is 226 g/mol. The van der Waals surface area contributed by atoms with Crippen LogP contribution in [0.2, 0.25) is 0 Å². The van der Waals surface area contributed by atoms with Crippen molar-refractivity contribution in [3.8, 4) is 0 Å². The summed E-state index contributed by atoms with van der Waals surface area (Å²) in [4.78, 5) is 25.3. The summed E-state index contributed by atoms with van der Waals surface area (Å²) in [6.07, 6.45) is -1.22. The lowest BCUT2D eigenvalue weighted by molar-refractivity contribution is 0.0975. The molecule has 2 aliphatic rings. The van der Waals surface area contributed by atoms with Gasteiger partial charge in [-0.05, 0) is 6.92 Å². The van der Waals surface area contributed by atoms with E-state index >= 15 is 0 Å². The molecule has 2 atom stereocenters. The van der Waals surface area contributed by atoms with Crippen molar-refractivity contribution in [1.82, 2.24) is 15.1 Å². The van der Waals surface area contributed by atoms with Gasteiger partial charge in [0, 0.05) is 31.7 Å². The van der Waals surface area contributed by atoms with Gasteiger partial charge in [-0.3, -0.25) is 0 Å². The summed E-state index contributed by atoms with van der Waals surface area (Å²) in [5.74, 6) is 0. The number of ether oxygens (including phenoxy) is 1. The number of rotatable bonds is 2. The molecule has 0 aromatic rings. The maximum Gasteiger partial charge on any atom is 0.409 e. The lowest BCUT2D eigenvalue weighted by Gasteiger charge is -2.37. The van der Waals surface area contributed by atoms with Gasteiger partial charge in [0.1, 0.15) is 6.61 Å². The molecule has 0 bridgehead atoms. The highest BCUT2D eigenvalue weighted by Gasteiger charge is 2.32. The maximum absolute atomic E-state index is 11.3. The number of carboxylic acid groups (broad SMARTS) is 1. The average molecular weight is 243 g/mol. The Morgan fingerprint density at radius 2 is 2.41 bits per heavy atom. The third kappa shape index (κ3) is 2.60. The van der Waals surface area contributed by atoms with E-state index in [0.29, 0.717) is 32.8 Å². The van der Waals surface area contributed by atoms with E-state index in [1.165, 1.54) is 4.90 Å². The van der Waals surface area contributed by atoms with E-state index in [9.17, 15) is 9.59 Å². The van der Waals surface area contributed by atoms with E-state index in [2.05, 4.69) is 5.32 Å². The zero-order valence-corrected chi connectivity index (χ0v) is 9.76. The van der Waals surface area contributed by atoms with Crippen molar-refractivity contribution in [2.75, 3.05) is 32.8 Å². The number of nitrogens with zero attached hydrogens (tertiary/aromatic N) is 2. The molecule has 2 saturated heterocycles. The first-order valence-corrected chi connectivity index (χ1v) is 5.72. The summed E-state index contributed by atoms with van der Waals surface area (Å²) in [5.41, 5.74) is 0. The molecule has 0 aliphatic carbocycles. The fourth-order valence-corrected chi connectivity index (χ4v) is 2.18. The van der Waals surface area contributed by atoms with Gasteiger partial charge in [0.05, 0.1) is 6.54 Å². The molecule has 0 aromatic heterocycles. The molecule has 2 N–H and O–H groups in total. The van der Waals surface area contributed by atoms with Crippen molar-refractivity contribution < 1.29 is 19.4 Å². The molecule has 2 rings (SSSR count). The van der Waals surface area contributed by atoms with Crippen molar-refractivity contribution in [1.29, 1.82) is 0 Å². The number of piperazine rings is 1. The summed E-state index contributed by atoms with van der Waals surface area (Å²) in [5, 5.41) is 12.3. The lowest BCUT2D eigenvalue weighted by Crippen LogP contribution is -2.59. The zero-order valence-electron chi connectivity index (χ0n) is 9.76. The predicted octanol–water partition coefficient (Wildman–Crippen LogP) is -0.221. The van der Waals surface area contributed by atoms with Gasteiger partial charge in [-0.2, -0.15) is 0 Å². The van der Waals surface area contributed by atoms with Crippen LogP contribution < -0.4 is 5.32 Å². The van der Waals surface area contributed by atoms with E-state index in [-0.39, 0.29) is 18.2 Å². The minimum atomic E-state index is -0.909. The van der Waals surface area contributed by atoms with Crippen molar-refractivity contribution >= 4 is 12.2 Å². The Kier molecular flexibility index (Phi) is 3.37. The van der Waals surface area contributed by atoms with Gasteiger partial charge in [-0.25, -0.2) is 9.59 Å². The molecule has 2 heterocycles. The number of carbonyl (C=O) groups excluding carboxylic acids is 1. The van der Waals surface area contributed by atoms with Crippen LogP contribution in [-0.4, -0.2) is 72.0 Å². The number of hydrogen-bond donors (Lipinski definition) is 2. The number of cyclic esters (lactones) is 1. The van der Waals surface area contributed by atoms with Gasteiger partial charge in [-0.1, -0.05) is 0 Å². The number of nitrogens with one attached hydrogen (secondary N) is 1. The summed E-state index contributed by atoms with van der Waals surface area (Å²) >= 11 is 0. The van der Waals surface area contributed by atoms with Gasteiger partial charge >= 0.3 is 12.2 Å². The smallest absolute Gasteiger partial charge is 0.409 e. The third-order valence-electron chi connectivity index (χ3n) is 3.18. The van der Waals surface area contributed by atoms with Crippen LogP contribution in [0, 0.1) is 0 Å². The summed E-state index contributed by atoms with van der Waals surface area (Å²) in [6.45, 7) is 4.38. The molecule has 0 aromatic carbocycles. The quantitative estimate of drug-likeness (QED) is 0.700. The standard InChI is InChI=1S/C10H17N3O4/c1-7-4-11-8(6-13(7)9(14)15)5-12-2-3-17-10(12)16/h7-8,11H,2-6H2,1H3,(H,14,15)/t7-,8+/m1/s1. The average Bonchev–Trinajstić information content (AvgIpc) is 2.67. The molecule has 7 heteroatoms. The Morgan fingerprint density at radius 1 is 1.65 bits per heavy atom. The monoisotopic (exact) mass is 243 g/mol. The Balaban J connectivity index is 1.90. The molecular formula is C10H17N3O4. The van der Waals surface area contributed by atoms with Crippen LogP contribution in [0.5, 0.6) is 0 Å². The van der Waals surface area contributed by atoms with E-state index in [1.54, 1.807) is 4.90 Å². The minimum Gasteiger partial charge on any atom is -0.465 e. The highest BCUT2D eigenvalue weighted by Crippen LogP contribution is 2.10. The van der Waals surface area contributed by atoms with Crippen molar-refractivity contribution in [2.24, 2.45) is 0 Å². The largest absolute Gasteiger partial charge is 0.465 e. The van der Waals surface area contributed by atoms with Crippen LogP contribution in [0.1, 0.15) is 6.92 Å². The Bertz CT molecular complexity index is 321. The van der Waals surface area contributed by atoms with Crippen LogP contribution >= 0.6 is 0 Å². The molecule has 0 saturated carbocycles. The van der Waals surface area contributed by atoms with Crippen molar-refractivity contribution in [2.45, 2.75) is 19.0 Å². The first-order valence-electron chi connectivity index (χ1n) is 5.72. The van der Waals surface area contributed by atoms with Gasteiger partial charge in [0.25, 0.3) is 0 Å². The Labute approximate surface area is 99.3 Å². The highest BCUT2D eigenvalue weighted by molar-refractivity contribution is 5.69. The van der Waals surface area contributed by atoms with Crippen LogP contribution in [0.15, 0.2) is 0 Å². The van der Waals surface area contributed by atoms with Gasteiger partial charge in [0.15, 0.2) is 0 Å². The van der Waals surface area contributed by atoms with E-state index in [1.807, 2.05) is 6.92 Å². The topological polar surface area (TPSA) is 82.1 Å². The molecule has 2 amide bonds. The number of hydrogen-bond acceptors (Lipinski definition) is 4. The van der Waals surface area contributed by atoms with Crippen LogP contribution in [-0.2, 0) is 4.74 Å². The maximum atomic E-state index is 11.3. The molecule has 96 valence electrons. The summed E-state index contributed by atoms with van der Waals surface area (Å²) in [7, 11) is 0. The van der Waals surface area contributed by atoms with E-state index in [0.717, 1.165) is 0 Å². The fourth-order valence-electron chi connectivity index (χ4n) is 2.18. The molecule has 2 fully saturated rings. The minimum absolute atomic E-state index is 0.0204. The van der Waals surface area contributed by atoms with Gasteiger partial charge < -0.3 is 25.0 Å². The SMILES string of the molecule is C[C@@H]1CN[C@@H](CN2CCOC2=O)CN1C(=O)O. The first kappa shape index (κ1) is 12.0. The third-order valence-corrected chi connectivity index (χ3v) is 3.18. The fraction of sp³-hybridized carbons (Fsp3) is 0.800. The Morgan fingerprint density at radius 3 is 3.00 bits per heavy atom. The van der Waals surface area contributed by atoms with E-state index < -0.39 is 6.09 Å². The second kappa shape index (κ2) is 4.79. The summed E-state index contributed by atoms with van der Waals surface area (Å²) in [6, 6.07) is -0.0535. The zero-order chi connectivity index (χ0) is 12.4. The summed E-state index contributed by atoms with van der Waals surface area (Å²) < 4.78 is 4.83. The van der Waals surface area contributed by atoms with Gasteiger partial charge in [0.2, 0.25) is 0 Å². The predicted molar refractivity (Wildman–Crippen MR) is 58.9 cm³/mol. The van der Waals surface area contributed by atoms with Crippen molar-refractivity contribution in [3.63, 3.8) is 0 Å². The highest BCUT2D eigenvalue weighted by atomic mass is 16.6. The molecule has 7 nitrogen and oxygen atoms in total. The molecule has 2 aliphatic heterocycles. The van der Waals surface area contributed by atoms with Gasteiger partial charge in [-0.15, -0.1) is 0 Å². The number of amides is 2. The molecule has 0 spiro atoms. The Hall–Kier alpha value is -1.50. The number of carbonyl (C=O) groups is 2. The van der Waals surface area contributed by atoms with Crippen LogP contribution in [0.25, 0.3) is 0 Å². The molecule has 0 unspecified atom stereocenters. The van der Waals surface area contributed by atoms with E-state index in [4.69, 9.17) is 9.84 Å². The lowest BCUT2D eigenvalue weighted by atomic mass is 10.1. The van der Waals surface area contributed by atoms with Crippen LogP contribution in [0.4, 0.5) is 9.59 Å². The molecule has 17 heavy (non-hydrogen) atoms. The van der Waals surface area contributed by atoms with Crippen LogP contribution in [0.3, 0.4) is 0 Å². The first-order chi connectivity index (χ1) is 8.08. The normalized spacial score (nSPS) is 29.4. The van der Waals surface area contributed by atoms with Crippen molar-refractivity contribution in [3.05, 3.63) is 0 Å².